The Balaban J connectivity index is 1.47. The van der Waals surface area contributed by atoms with E-state index < -0.39 is 0 Å². The minimum atomic E-state index is -0.0488. The highest BCUT2D eigenvalue weighted by molar-refractivity contribution is 5.86. The fraction of sp³-hybridized carbons (Fsp3) is 0.600. The molecular weight excluding hydrogens is 482 g/mol. The Hall–Kier alpha value is -3.00. The van der Waals surface area contributed by atoms with Crippen molar-refractivity contribution in [2.75, 3.05) is 53.5 Å². The largest absolute Gasteiger partial charge is 0.493 e. The van der Waals surface area contributed by atoms with Gasteiger partial charge in [-0.15, -0.1) is 0 Å². The molecule has 1 aromatic heterocycles. The molecule has 0 radical (unpaired) electrons. The average molecular weight is 526 g/mol. The SMILES string of the molecule is COc1ccc(CCN(Cc2ccc(C)o2)C(=O)CN(CCN2CCCC2)C(=O)C2CCCC2)cc1OC. The molecule has 2 amide bonds. The average Bonchev–Trinajstić information content (AvgIpc) is 3.72. The van der Waals surface area contributed by atoms with Crippen LogP contribution in [-0.4, -0.2) is 80.0 Å². The summed E-state index contributed by atoms with van der Waals surface area (Å²) in [6.07, 6.45) is 7.13. The first-order valence-corrected chi connectivity index (χ1v) is 14.0. The van der Waals surface area contributed by atoms with E-state index in [1.807, 2.05) is 47.1 Å². The van der Waals surface area contributed by atoms with E-state index in [0.717, 1.165) is 62.4 Å². The van der Waals surface area contributed by atoms with Crippen molar-refractivity contribution in [1.29, 1.82) is 0 Å². The molecular formula is C30H43N3O5. The molecule has 208 valence electrons. The summed E-state index contributed by atoms with van der Waals surface area (Å²) in [4.78, 5) is 33.3. The van der Waals surface area contributed by atoms with Crippen LogP contribution in [0.15, 0.2) is 34.7 Å². The van der Waals surface area contributed by atoms with Gasteiger partial charge in [-0.3, -0.25) is 9.59 Å². The van der Waals surface area contributed by atoms with Crippen LogP contribution in [0.25, 0.3) is 0 Å². The number of furan rings is 1. The molecule has 1 aliphatic heterocycles. The predicted octanol–water partition coefficient (Wildman–Crippen LogP) is 4.29. The number of nitrogens with zero attached hydrogens (tertiary/aromatic N) is 3. The number of benzene rings is 1. The second kappa shape index (κ2) is 13.7. The lowest BCUT2D eigenvalue weighted by Crippen LogP contribution is -2.47. The van der Waals surface area contributed by atoms with Crippen molar-refractivity contribution in [3.63, 3.8) is 0 Å². The van der Waals surface area contributed by atoms with Crippen LogP contribution in [0.4, 0.5) is 0 Å². The molecule has 0 atom stereocenters. The van der Waals surface area contributed by atoms with Gasteiger partial charge in [0.1, 0.15) is 11.5 Å². The second-order valence-corrected chi connectivity index (χ2v) is 10.6. The molecule has 0 unspecified atom stereocenters. The van der Waals surface area contributed by atoms with E-state index in [1.165, 1.54) is 12.8 Å². The maximum Gasteiger partial charge on any atom is 0.242 e. The molecule has 2 fully saturated rings. The van der Waals surface area contributed by atoms with Crippen LogP contribution < -0.4 is 9.47 Å². The van der Waals surface area contributed by atoms with Crippen molar-refractivity contribution in [3.05, 3.63) is 47.4 Å². The third-order valence-corrected chi connectivity index (χ3v) is 7.84. The maximum atomic E-state index is 13.8. The van der Waals surface area contributed by atoms with Gasteiger partial charge in [0, 0.05) is 25.6 Å². The van der Waals surface area contributed by atoms with E-state index in [1.54, 1.807) is 14.2 Å². The van der Waals surface area contributed by atoms with Crippen molar-refractivity contribution >= 4 is 11.8 Å². The minimum absolute atomic E-state index is 0.0488. The number of carbonyl (C=O) groups is 2. The zero-order chi connectivity index (χ0) is 26.9. The number of aryl methyl sites for hydroxylation is 1. The third-order valence-electron chi connectivity index (χ3n) is 7.84. The van der Waals surface area contributed by atoms with E-state index in [9.17, 15) is 9.59 Å². The fourth-order valence-electron chi connectivity index (χ4n) is 5.58. The van der Waals surface area contributed by atoms with Crippen LogP contribution in [0.2, 0.25) is 0 Å². The number of rotatable bonds is 13. The highest BCUT2D eigenvalue weighted by Crippen LogP contribution is 2.28. The normalized spacial score (nSPS) is 16.1. The van der Waals surface area contributed by atoms with Crippen LogP contribution in [-0.2, 0) is 22.6 Å². The van der Waals surface area contributed by atoms with Gasteiger partial charge in [0.05, 0.1) is 27.3 Å². The van der Waals surface area contributed by atoms with Crippen LogP contribution in [0.5, 0.6) is 11.5 Å². The molecule has 2 aliphatic rings. The smallest absolute Gasteiger partial charge is 0.242 e. The van der Waals surface area contributed by atoms with Gasteiger partial charge < -0.3 is 28.6 Å². The Bertz CT molecular complexity index is 1060. The molecule has 1 saturated heterocycles. The Morgan fingerprint density at radius 3 is 2.34 bits per heavy atom. The molecule has 4 rings (SSSR count). The summed E-state index contributed by atoms with van der Waals surface area (Å²) in [5, 5.41) is 0. The lowest BCUT2D eigenvalue weighted by atomic mass is 10.1. The van der Waals surface area contributed by atoms with Gasteiger partial charge in [-0.1, -0.05) is 18.9 Å². The summed E-state index contributed by atoms with van der Waals surface area (Å²) in [6, 6.07) is 9.66. The van der Waals surface area contributed by atoms with Crippen molar-refractivity contribution < 1.29 is 23.5 Å². The number of hydrogen-bond acceptors (Lipinski definition) is 6. The van der Waals surface area contributed by atoms with E-state index >= 15 is 0 Å². The fourth-order valence-corrected chi connectivity index (χ4v) is 5.58. The van der Waals surface area contributed by atoms with Crippen LogP contribution >= 0.6 is 0 Å². The van der Waals surface area contributed by atoms with E-state index in [2.05, 4.69) is 4.90 Å². The number of amides is 2. The Morgan fingerprint density at radius 1 is 0.947 bits per heavy atom. The first-order valence-electron chi connectivity index (χ1n) is 14.0. The summed E-state index contributed by atoms with van der Waals surface area (Å²) in [7, 11) is 3.24. The second-order valence-electron chi connectivity index (χ2n) is 10.6. The lowest BCUT2D eigenvalue weighted by molar-refractivity contribution is -0.143. The lowest BCUT2D eigenvalue weighted by Gasteiger charge is -2.30. The molecule has 1 aliphatic carbocycles. The van der Waals surface area contributed by atoms with E-state index in [4.69, 9.17) is 13.9 Å². The zero-order valence-electron chi connectivity index (χ0n) is 23.2. The zero-order valence-corrected chi connectivity index (χ0v) is 23.2. The van der Waals surface area contributed by atoms with Gasteiger partial charge in [0.2, 0.25) is 11.8 Å². The van der Waals surface area contributed by atoms with Gasteiger partial charge in [-0.2, -0.15) is 0 Å². The minimum Gasteiger partial charge on any atom is -0.493 e. The summed E-state index contributed by atoms with van der Waals surface area (Å²) >= 11 is 0. The molecule has 1 saturated carbocycles. The number of methoxy groups -OCH3 is 2. The van der Waals surface area contributed by atoms with Crippen LogP contribution in [0.1, 0.15) is 55.6 Å². The first kappa shape index (κ1) is 28.0. The topological polar surface area (TPSA) is 75.5 Å². The molecule has 1 aromatic carbocycles. The molecule has 2 aromatic rings. The number of ether oxygens (including phenoxy) is 2. The highest BCUT2D eigenvalue weighted by atomic mass is 16.5. The van der Waals surface area contributed by atoms with Gasteiger partial charge in [-0.25, -0.2) is 0 Å². The molecule has 8 nitrogen and oxygen atoms in total. The molecule has 0 spiro atoms. The van der Waals surface area contributed by atoms with Crippen molar-refractivity contribution in [3.8, 4) is 11.5 Å². The van der Waals surface area contributed by atoms with Gasteiger partial charge in [-0.05, 0) is 81.9 Å². The van der Waals surface area contributed by atoms with Gasteiger partial charge in [0.25, 0.3) is 0 Å². The van der Waals surface area contributed by atoms with E-state index in [-0.39, 0.29) is 24.3 Å². The first-order chi connectivity index (χ1) is 18.5. The summed E-state index contributed by atoms with van der Waals surface area (Å²) < 4.78 is 16.6. The molecule has 8 heteroatoms. The van der Waals surface area contributed by atoms with Gasteiger partial charge >= 0.3 is 0 Å². The third kappa shape index (κ3) is 7.53. The Morgan fingerprint density at radius 2 is 1.68 bits per heavy atom. The van der Waals surface area contributed by atoms with Crippen molar-refractivity contribution in [2.24, 2.45) is 5.92 Å². The Kier molecular flexibility index (Phi) is 10.1. The van der Waals surface area contributed by atoms with Crippen molar-refractivity contribution in [2.45, 2.75) is 58.4 Å². The molecule has 0 N–H and O–H groups in total. The summed E-state index contributed by atoms with van der Waals surface area (Å²) in [5.41, 5.74) is 1.05. The standard InChI is InChI=1S/C30H43N3O5/c1-23-10-12-26(38-23)21-32(17-14-24-11-13-27(36-2)28(20-24)37-3)29(34)22-33(19-18-31-15-6-7-16-31)30(35)25-8-4-5-9-25/h10-13,20,25H,4-9,14-19,21-22H2,1-3H3. The number of hydrogen-bond donors (Lipinski definition) is 0. The monoisotopic (exact) mass is 525 g/mol. The number of carbonyl (C=O) groups excluding carboxylic acids is 2. The maximum absolute atomic E-state index is 13.8. The quantitative estimate of drug-likeness (QED) is 0.388. The van der Waals surface area contributed by atoms with E-state index in [0.29, 0.717) is 37.6 Å². The number of likely N-dealkylation sites (tertiary alicyclic amines) is 1. The predicted molar refractivity (Wildman–Crippen MR) is 146 cm³/mol. The van der Waals surface area contributed by atoms with Gasteiger partial charge in [0.15, 0.2) is 11.5 Å². The van der Waals surface area contributed by atoms with Crippen LogP contribution in [0.3, 0.4) is 0 Å². The van der Waals surface area contributed by atoms with Crippen LogP contribution in [0, 0.1) is 12.8 Å². The Labute approximate surface area is 226 Å². The summed E-state index contributed by atoms with van der Waals surface area (Å²) in [6.45, 7) is 6.47. The van der Waals surface area contributed by atoms with Crippen molar-refractivity contribution in [1.82, 2.24) is 14.7 Å². The molecule has 2 heterocycles. The molecule has 0 bridgehead atoms. The highest BCUT2D eigenvalue weighted by Gasteiger charge is 2.30. The summed E-state index contributed by atoms with van der Waals surface area (Å²) in [5.74, 6) is 3.05. The molecule has 38 heavy (non-hydrogen) atoms.